The Balaban J connectivity index is 2.69. The molecule has 0 saturated carbocycles. The minimum atomic E-state index is -0.659. The SMILES string of the molecule is O=[N+]([O-])c1ccc(F)c(-c2ccccn2)c1Cl. The molecule has 0 atom stereocenters. The molecule has 0 aliphatic rings. The summed E-state index contributed by atoms with van der Waals surface area (Å²) in [6.07, 6.45) is 1.46. The van der Waals surface area contributed by atoms with Crippen LogP contribution in [0.25, 0.3) is 11.3 Å². The summed E-state index contributed by atoms with van der Waals surface area (Å²) in [4.78, 5) is 14.0. The number of hydrogen-bond acceptors (Lipinski definition) is 3. The van der Waals surface area contributed by atoms with Gasteiger partial charge in [0.15, 0.2) is 0 Å². The maximum atomic E-state index is 13.6. The fourth-order valence-corrected chi connectivity index (χ4v) is 1.75. The van der Waals surface area contributed by atoms with E-state index in [1.807, 2.05) is 0 Å². The first-order valence-electron chi connectivity index (χ1n) is 4.65. The van der Waals surface area contributed by atoms with E-state index >= 15 is 0 Å². The minimum Gasteiger partial charge on any atom is -0.258 e. The lowest BCUT2D eigenvalue weighted by Gasteiger charge is -2.05. The average molecular weight is 253 g/mol. The molecule has 1 aromatic heterocycles. The van der Waals surface area contributed by atoms with Crippen molar-refractivity contribution in [1.82, 2.24) is 4.98 Å². The van der Waals surface area contributed by atoms with Crippen molar-refractivity contribution in [3.8, 4) is 11.3 Å². The Bertz CT molecular complexity index is 575. The molecule has 86 valence electrons. The predicted molar refractivity (Wildman–Crippen MR) is 61.3 cm³/mol. The molecule has 0 bridgehead atoms. The third-order valence-electron chi connectivity index (χ3n) is 2.19. The molecular formula is C11H6ClFN2O2. The van der Waals surface area contributed by atoms with Gasteiger partial charge < -0.3 is 0 Å². The van der Waals surface area contributed by atoms with Crippen LogP contribution < -0.4 is 0 Å². The molecule has 0 N–H and O–H groups in total. The van der Waals surface area contributed by atoms with Crippen LogP contribution >= 0.6 is 11.6 Å². The van der Waals surface area contributed by atoms with Gasteiger partial charge in [-0.15, -0.1) is 0 Å². The largest absolute Gasteiger partial charge is 0.288 e. The Morgan fingerprint density at radius 3 is 2.65 bits per heavy atom. The first-order chi connectivity index (χ1) is 8.11. The molecule has 0 unspecified atom stereocenters. The molecule has 6 heteroatoms. The summed E-state index contributed by atoms with van der Waals surface area (Å²) in [6.45, 7) is 0. The highest BCUT2D eigenvalue weighted by atomic mass is 35.5. The van der Waals surface area contributed by atoms with E-state index in [1.54, 1.807) is 12.1 Å². The number of nitro benzene ring substituents is 1. The van der Waals surface area contributed by atoms with Gasteiger partial charge in [0.1, 0.15) is 10.8 Å². The molecule has 0 radical (unpaired) electrons. The Morgan fingerprint density at radius 2 is 2.06 bits per heavy atom. The molecule has 4 nitrogen and oxygen atoms in total. The average Bonchev–Trinajstić information content (AvgIpc) is 2.30. The number of hydrogen-bond donors (Lipinski definition) is 0. The van der Waals surface area contributed by atoms with E-state index in [0.717, 1.165) is 12.1 Å². The summed E-state index contributed by atoms with van der Waals surface area (Å²) in [6, 6.07) is 6.88. The molecule has 0 aliphatic heterocycles. The van der Waals surface area contributed by atoms with Crippen molar-refractivity contribution in [3.63, 3.8) is 0 Å². The lowest BCUT2D eigenvalue weighted by atomic mass is 10.1. The Kier molecular flexibility index (Phi) is 3.01. The van der Waals surface area contributed by atoms with Crippen LogP contribution in [0.15, 0.2) is 36.5 Å². The zero-order chi connectivity index (χ0) is 12.4. The van der Waals surface area contributed by atoms with E-state index in [1.165, 1.54) is 12.3 Å². The molecule has 17 heavy (non-hydrogen) atoms. The van der Waals surface area contributed by atoms with Crippen LogP contribution in [0.5, 0.6) is 0 Å². The van der Waals surface area contributed by atoms with Crippen LogP contribution in [-0.2, 0) is 0 Å². The number of rotatable bonds is 2. The Labute approximate surface area is 101 Å². The molecule has 0 aliphatic carbocycles. The maximum absolute atomic E-state index is 13.6. The van der Waals surface area contributed by atoms with Crippen LogP contribution in [0.4, 0.5) is 10.1 Å². The smallest absolute Gasteiger partial charge is 0.258 e. The molecule has 2 aromatic rings. The van der Waals surface area contributed by atoms with E-state index in [0.29, 0.717) is 0 Å². The van der Waals surface area contributed by atoms with Crippen LogP contribution in [-0.4, -0.2) is 9.91 Å². The maximum Gasteiger partial charge on any atom is 0.288 e. The highest BCUT2D eigenvalue weighted by Crippen LogP contribution is 2.35. The zero-order valence-electron chi connectivity index (χ0n) is 8.43. The molecule has 0 saturated heterocycles. The number of nitro groups is 1. The minimum absolute atomic E-state index is 0.0542. The monoisotopic (exact) mass is 252 g/mol. The third-order valence-corrected chi connectivity index (χ3v) is 2.57. The first-order valence-corrected chi connectivity index (χ1v) is 5.03. The summed E-state index contributed by atoms with van der Waals surface area (Å²) < 4.78 is 13.6. The molecule has 0 amide bonds. The number of nitrogens with zero attached hydrogens (tertiary/aromatic N) is 2. The van der Waals surface area contributed by atoms with Gasteiger partial charge in [-0.2, -0.15) is 0 Å². The fraction of sp³-hybridized carbons (Fsp3) is 0. The molecule has 1 heterocycles. The van der Waals surface area contributed by atoms with Crippen LogP contribution in [0.3, 0.4) is 0 Å². The van der Waals surface area contributed by atoms with Gasteiger partial charge in [0.05, 0.1) is 16.2 Å². The van der Waals surface area contributed by atoms with Crippen molar-refractivity contribution < 1.29 is 9.31 Å². The Hall–Kier alpha value is -2.01. The van der Waals surface area contributed by atoms with Gasteiger partial charge >= 0.3 is 0 Å². The highest BCUT2D eigenvalue weighted by Gasteiger charge is 2.21. The summed E-state index contributed by atoms with van der Waals surface area (Å²) in [7, 11) is 0. The first kappa shape index (κ1) is 11.5. The lowest BCUT2D eigenvalue weighted by molar-refractivity contribution is -0.384. The van der Waals surface area contributed by atoms with Gasteiger partial charge in [-0.1, -0.05) is 17.7 Å². The van der Waals surface area contributed by atoms with Crippen molar-refractivity contribution in [3.05, 3.63) is 57.5 Å². The molecule has 0 spiro atoms. The van der Waals surface area contributed by atoms with Gasteiger partial charge in [-0.3, -0.25) is 15.1 Å². The Morgan fingerprint density at radius 1 is 1.29 bits per heavy atom. The van der Waals surface area contributed by atoms with Crippen LogP contribution in [0.2, 0.25) is 5.02 Å². The summed E-state index contributed by atoms with van der Waals surface area (Å²) in [5.74, 6) is -0.640. The van der Waals surface area contributed by atoms with E-state index in [9.17, 15) is 14.5 Å². The zero-order valence-corrected chi connectivity index (χ0v) is 9.19. The summed E-state index contributed by atoms with van der Waals surface area (Å²) >= 11 is 5.82. The third kappa shape index (κ3) is 2.09. The number of aromatic nitrogens is 1. The summed E-state index contributed by atoms with van der Waals surface area (Å²) in [5, 5.41) is 10.5. The predicted octanol–water partition coefficient (Wildman–Crippen LogP) is 3.45. The number of pyridine rings is 1. The van der Waals surface area contributed by atoms with Crippen molar-refractivity contribution in [2.45, 2.75) is 0 Å². The molecule has 1 aromatic carbocycles. The number of benzene rings is 1. The van der Waals surface area contributed by atoms with E-state index in [-0.39, 0.29) is 22.0 Å². The quantitative estimate of drug-likeness (QED) is 0.608. The van der Waals surface area contributed by atoms with Gasteiger partial charge in [0.25, 0.3) is 5.69 Å². The van der Waals surface area contributed by atoms with E-state index in [4.69, 9.17) is 11.6 Å². The second-order valence-corrected chi connectivity index (χ2v) is 3.61. The number of halogens is 2. The van der Waals surface area contributed by atoms with Gasteiger partial charge in [0, 0.05) is 12.3 Å². The second-order valence-electron chi connectivity index (χ2n) is 3.23. The van der Waals surface area contributed by atoms with Crippen molar-refractivity contribution in [2.24, 2.45) is 0 Å². The normalized spacial score (nSPS) is 10.2. The van der Waals surface area contributed by atoms with Crippen LogP contribution in [0.1, 0.15) is 0 Å². The fourth-order valence-electron chi connectivity index (χ4n) is 1.43. The lowest BCUT2D eigenvalue weighted by Crippen LogP contribution is -1.95. The van der Waals surface area contributed by atoms with Gasteiger partial charge in [-0.25, -0.2) is 4.39 Å². The molecule has 0 fully saturated rings. The van der Waals surface area contributed by atoms with Crippen LogP contribution in [0, 0.1) is 15.9 Å². The topological polar surface area (TPSA) is 56.0 Å². The molecule has 2 rings (SSSR count). The highest BCUT2D eigenvalue weighted by molar-refractivity contribution is 6.35. The van der Waals surface area contributed by atoms with Crippen molar-refractivity contribution >= 4 is 17.3 Å². The van der Waals surface area contributed by atoms with Gasteiger partial charge in [-0.05, 0) is 18.2 Å². The van der Waals surface area contributed by atoms with E-state index in [2.05, 4.69) is 4.98 Å². The van der Waals surface area contributed by atoms with E-state index < -0.39 is 10.7 Å². The van der Waals surface area contributed by atoms with Gasteiger partial charge in [0.2, 0.25) is 0 Å². The van der Waals surface area contributed by atoms with Crippen molar-refractivity contribution in [1.29, 1.82) is 0 Å². The second kappa shape index (κ2) is 4.47. The van der Waals surface area contributed by atoms with Crippen molar-refractivity contribution in [2.75, 3.05) is 0 Å². The summed E-state index contributed by atoms with van der Waals surface area (Å²) in [5.41, 5.74) is -0.131. The standard InChI is InChI=1S/C11H6ClFN2O2/c12-11-9(15(16)17)5-4-7(13)10(11)8-3-1-2-6-14-8/h1-6H. The molecular weight excluding hydrogens is 247 g/mol.